The molecule has 8 rings (SSSR count). The second-order valence-electron chi connectivity index (χ2n) is 10.0. The van der Waals surface area contributed by atoms with Crippen LogP contribution in [0.15, 0.2) is 48.6 Å². The number of fused-ring (bicyclic) bond motifs is 13. The number of rotatable bonds is 2. The summed E-state index contributed by atoms with van der Waals surface area (Å²) in [4.78, 5) is 0. The van der Waals surface area contributed by atoms with Crippen LogP contribution in [0.4, 0.5) is 0 Å². The molecule has 6 aromatic rings. The standard InChI is InChI=1S/C32H28N2S/c1-3-33-25-15-9-7-11-19(25)23-17-24-28(18-27(23)33)35-32-21-13-6-5-12-20(21)31-29(30(24)32)22-14-8-10-16-26(22)34(31)4-2/h5-6,8-9,12-15,17-18H,3-4,7,10-11,16H2,1-2H3. The van der Waals surface area contributed by atoms with Gasteiger partial charge in [-0.3, -0.25) is 0 Å². The van der Waals surface area contributed by atoms with Gasteiger partial charge in [-0.2, -0.15) is 0 Å². The second-order valence-corrected chi connectivity index (χ2v) is 11.1. The quantitative estimate of drug-likeness (QED) is 0.238. The fourth-order valence-electron chi connectivity index (χ4n) is 7.01. The molecule has 0 fully saturated rings. The lowest BCUT2D eigenvalue weighted by Crippen LogP contribution is -2.03. The Morgan fingerprint density at radius 3 is 2.46 bits per heavy atom. The molecule has 0 amide bonds. The summed E-state index contributed by atoms with van der Waals surface area (Å²) < 4.78 is 7.99. The fourth-order valence-corrected chi connectivity index (χ4v) is 8.27. The zero-order valence-electron chi connectivity index (χ0n) is 20.3. The van der Waals surface area contributed by atoms with E-state index in [1.54, 1.807) is 0 Å². The summed E-state index contributed by atoms with van der Waals surface area (Å²) in [5.41, 5.74) is 8.77. The van der Waals surface area contributed by atoms with Gasteiger partial charge in [-0.1, -0.05) is 42.5 Å². The average molecular weight is 473 g/mol. The average Bonchev–Trinajstić information content (AvgIpc) is 3.54. The van der Waals surface area contributed by atoms with Crippen LogP contribution >= 0.6 is 11.3 Å². The summed E-state index contributed by atoms with van der Waals surface area (Å²) in [6, 6.07) is 14.1. The molecule has 0 radical (unpaired) electrons. The van der Waals surface area contributed by atoms with Crippen molar-refractivity contribution >= 4 is 76.2 Å². The lowest BCUT2D eigenvalue weighted by atomic mass is 9.95. The van der Waals surface area contributed by atoms with Crippen LogP contribution in [-0.4, -0.2) is 9.13 Å². The molecule has 3 heterocycles. The topological polar surface area (TPSA) is 9.86 Å². The first-order chi connectivity index (χ1) is 17.3. The normalized spacial score (nSPS) is 15.3. The Morgan fingerprint density at radius 1 is 0.800 bits per heavy atom. The number of hydrogen-bond donors (Lipinski definition) is 0. The van der Waals surface area contributed by atoms with Crippen molar-refractivity contribution in [1.29, 1.82) is 0 Å². The first-order valence-corrected chi connectivity index (χ1v) is 13.9. The number of aromatic nitrogens is 2. The lowest BCUT2D eigenvalue weighted by Gasteiger charge is -2.11. The van der Waals surface area contributed by atoms with Gasteiger partial charge in [0.2, 0.25) is 0 Å². The van der Waals surface area contributed by atoms with E-state index in [4.69, 9.17) is 0 Å². The third-order valence-corrected chi connectivity index (χ3v) is 9.60. The van der Waals surface area contributed by atoms with Gasteiger partial charge < -0.3 is 9.13 Å². The van der Waals surface area contributed by atoms with E-state index in [1.807, 2.05) is 11.3 Å². The molecule has 2 nitrogen and oxygen atoms in total. The molecule has 3 heteroatoms. The number of aryl methyl sites for hydroxylation is 3. The second kappa shape index (κ2) is 7.11. The zero-order chi connectivity index (χ0) is 23.3. The van der Waals surface area contributed by atoms with Gasteiger partial charge in [0.15, 0.2) is 0 Å². The van der Waals surface area contributed by atoms with E-state index in [9.17, 15) is 0 Å². The summed E-state index contributed by atoms with van der Waals surface area (Å²) in [7, 11) is 0. The molecule has 0 bridgehead atoms. The van der Waals surface area contributed by atoms with Gasteiger partial charge in [0.05, 0.1) is 11.0 Å². The SMILES string of the molecule is CCn1c2c(c3cc4c(cc31)sc1c3ccccc3c3c(c5c(n3CC)CCC=C5)c41)CCC=C2. The Balaban J connectivity index is 1.65. The Labute approximate surface area is 208 Å². The van der Waals surface area contributed by atoms with Crippen LogP contribution in [0.2, 0.25) is 0 Å². The number of allylic oxidation sites excluding steroid dienone is 2. The van der Waals surface area contributed by atoms with Crippen molar-refractivity contribution in [3.63, 3.8) is 0 Å². The van der Waals surface area contributed by atoms with E-state index in [1.165, 1.54) is 75.3 Å². The van der Waals surface area contributed by atoms with Crippen molar-refractivity contribution in [3.8, 4) is 0 Å². The maximum Gasteiger partial charge on any atom is 0.0575 e. The van der Waals surface area contributed by atoms with Crippen LogP contribution in [0.5, 0.6) is 0 Å². The van der Waals surface area contributed by atoms with Gasteiger partial charge in [-0.25, -0.2) is 0 Å². The smallest absolute Gasteiger partial charge is 0.0575 e. The molecule has 0 aliphatic heterocycles. The largest absolute Gasteiger partial charge is 0.344 e. The lowest BCUT2D eigenvalue weighted by molar-refractivity contribution is 0.730. The van der Waals surface area contributed by atoms with Crippen LogP contribution in [0.3, 0.4) is 0 Å². The number of hydrogen-bond acceptors (Lipinski definition) is 1. The van der Waals surface area contributed by atoms with E-state index in [2.05, 4.69) is 83.7 Å². The third-order valence-electron chi connectivity index (χ3n) is 8.41. The van der Waals surface area contributed by atoms with Crippen LogP contribution in [-0.2, 0) is 25.9 Å². The van der Waals surface area contributed by atoms with Crippen LogP contribution in [0, 0.1) is 0 Å². The molecule has 0 atom stereocenters. The highest BCUT2D eigenvalue weighted by molar-refractivity contribution is 7.27. The predicted molar refractivity (Wildman–Crippen MR) is 154 cm³/mol. The van der Waals surface area contributed by atoms with Crippen LogP contribution in [0.25, 0.3) is 64.9 Å². The van der Waals surface area contributed by atoms with Gasteiger partial charge in [-0.05, 0) is 63.3 Å². The fraction of sp³-hybridized carbons (Fsp3) is 0.250. The Kier molecular flexibility index (Phi) is 4.05. The third kappa shape index (κ3) is 2.44. The van der Waals surface area contributed by atoms with E-state index in [0.29, 0.717) is 0 Å². The molecule has 2 aliphatic carbocycles. The van der Waals surface area contributed by atoms with Gasteiger partial charge >= 0.3 is 0 Å². The van der Waals surface area contributed by atoms with Gasteiger partial charge in [-0.15, -0.1) is 11.3 Å². The number of nitrogens with zero attached hydrogens (tertiary/aromatic N) is 2. The minimum atomic E-state index is 1.01. The molecule has 2 aliphatic rings. The Morgan fingerprint density at radius 2 is 1.60 bits per heavy atom. The highest BCUT2D eigenvalue weighted by atomic mass is 32.1. The molecule has 0 saturated carbocycles. The summed E-state index contributed by atoms with van der Waals surface area (Å²) in [6.07, 6.45) is 14.0. The first kappa shape index (κ1) is 19.9. The molecule has 35 heavy (non-hydrogen) atoms. The van der Waals surface area contributed by atoms with Crippen molar-refractivity contribution in [2.75, 3.05) is 0 Å². The van der Waals surface area contributed by atoms with Crippen LogP contribution in [0.1, 0.15) is 49.2 Å². The summed E-state index contributed by atoms with van der Waals surface area (Å²) in [5.74, 6) is 0. The molecule has 0 unspecified atom stereocenters. The van der Waals surface area contributed by atoms with E-state index in [0.717, 1.165) is 38.8 Å². The van der Waals surface area contributed by atoms with Crippen molar-refractivity contribution < 1.29 is 0 Å². The Hall–Kier alpha value is -3.30. The van der Waals surface area contributed by atoms with Crippen molar-refractivity contribution in [1.82, 2.24) is 9.13 Å². The zero-order valence-corrected chi connectivity index (χ0v) is 21.1. The minimum Gasteiger partial charge on any atom is -0.344 e. The van der Waals surface area contributed by atoms with Crippen LogP contribution < -0.4 is 0 Å². The molecule has 0 N–H and O–H groups in total. The Bertz CT molecular complexity index is 1920. The van der Waals surface area contributed by atoms with Gasteiger partial charge in [0.1, 0.15) is 0 Å². The number of benzene rings is 3. The van der Waals surface area contributed by atoms with Gasteiger partial charge in [0.25, 0.3) is 0 Å². The predicted octanol–water partition coefficient (Wildman–Crippen LogP) is 9.08. The highest BCUT2D eigenvalue weighted by Gasteiger charge is 2.25. The van der Waals surface area contributed by atoms with Gasteiger partial charge in [0, 0.05) is 71.8 Å². The molecule has 3 aromatic carbocycles. The molecule has 0 spiro atoms. The number of thiophene rings is 1. The first-order valence-electron chi connectivity index (χ1n) is 13.1. The molecule has 172 valence electrons. The molecular weight excluding hydrogens is 444 g/mol. The summed E-state index contributed by atoms with van der Waals surface area (Å²) in [6.45, 7) is 6.61. The highest BCUT2D eigenvalue weighted by Crippen LogP contribution is 2.49. The summed E-state index contributed by atoms with van der Waals surface area (Å²) >= 11 is 1.99. The molecule has 0 saturated heterocycles. The molecule has 3 aromatic heterocycles. The minimum absolute atomic E-state index is 1.01. The molecular formula is C32H28N2S. The maximum atomic E-state index is 2.61. The summed E-state index contributed by atoms with van der Waals surface area (Å²) in [5, 5.41) is 8.64. The van der Waals surface area contributed by atoms with E-state index >= 15 is 0 Å². The van der Waals surface area contributed by atoms with Crippen molar-refractivity contribution in [3.05, 3.63) is 71.1 Å². The van der Waals surface area contributed by atoms with E-state index < -0.39 is 0 Å². The van der Waals surface area contributed by atoms with Crippen molar-refractivity contribution in [2.24, 2.45) is 0 Å². The monoisotopic (exact) mass is 472 g/mol. The van der Waals surface area contributed by atoms with Crippen molar-refractivity contribution in [2.45, 2.75) is 52.6 Å². The van der Waals surface area contributed by atoms with E-state index in [-0.39, 0.29) is 0 Å². The maximum absolute atomic E-state index is 2.61.